The van der Waals surface area contributed by atoms with Gasteiger partial charge in [0.2, 0.25) is 5.95 Å². The van der Waals surface area contributed by atoms with Crippen LogP contribution < -0.4 is 11.1 Å². The quantitative estimate of drug-likeness (QED) is 0.880. The second-order valence-corrected chi connectivity index (χ2v) is 4.04. The second-order valence-electron chi connectivity index (χ2n) is 3.63. The van der Waals surface area contributed by atoms with E-state index < -0.39 is 11.6 Å². The van der Waals surface area contributed by atoms with Gasteiger partial charge in [-0.25, -0.2) is 13.8 Å². The van der Waals surface area contributed by atoms with Gasteiger partial charge in [0, 0.05) is 6.07 Å². The van der Waals surface area contributed by atoms with E-state index in [0.29, 0.717) is 0 Å². The summed E-state index contributed by atoms with van der Waals surface area (Å²) in [6, 6.07) is 2.11. The third-order valence-electron chi connectivity index (χ3n) is 2.26. The lowest BCUT2D eigenvalue weighted by atomic mass is 10.2. The van der Waals surface area contributed by atoms with Crippen molar-refractivity contribution in [1.82, 2.24) is 9.97 Å². The van der Waals surface area contributed by atoms with Crippen LogP contribution in [0.3, 0.4) is 0 Å². The lowest BCUT2D eigenvalue weighted by molar-refractivity contribution is 0.595. The molecule has 0 spiro atoms. The van der Waals surface area contributed by atoms with E-state index in [0.717, 1.165) is 12.1 Å². The Morgan fingerprint density at radius 2 is 2.00 bits per heavy atom. The summed E-state index contributed by atoms with van der Waals surface area (Å²) in [6.45, 7) is 1.47. The van der Waals surface area contributed by atoms with Gasteiger partial charge in [-0.3, -0.25) is 0 Å². The molecule has 18 heavy (non-hydrogen) atoms. The summed E-state index contributed by atoms with van der Waals surface area (Å²) < 4.78 is 26.9. The number of anilines is 3. The van der Waals surface area contributed by atoms with Crippen LogP contribution in [0.1, 0.15) is 5.56 Å². The van der Waals surface area contributed by atoms with Gasteiger partial charge < -0.3 is 11.1 Å². The van der Waals surface area contributed by atoms with Gasteiger partial charge in [0.25, 0.3) is 0 Å². The molecule has 0 saturated heterocycles. The van der Waals surface area contributed by atoms with Crippen LogP contribution in [-0.2, 0) is 0 Å². The van der Waals surface area contributed by atoms with Crippen molar-refractivity contribution in [3.8, 4) is 0 Å². The number of nitrogens with one attached hydrogen (secondary N) is 1. The number of aryl methyl sites for hydroxylation is 1. The van der Waals surface area contributed by atoms with Gasteiger partial charge in [0.05, 0.1) is 11.9 Å². The van der Waals surface area contributed by atoms with Crippen LogP contribution in [0.25, 0.3) is 0 Å². The highest BCUT2D eigenvalue weighted by atomic mass is 35.5. The van der Waals surface area contributed by atoms with E-state index in [9.17, 15) is 8.78 Å². The largest absolute Gasteiger partial charge is 0.368 e. The SMILES string of the molecule is Cc1cc(F)c(Nc2nc(N)ncc2Cl)cc1F. The van der Waals surface area contributed by atoms with Crippen LogP contribution >= 0.6 is 11.6 Å². The van der Waals surface area contributed by atoms with Crippen LogP contribution in [-0.4, -0.2) is 9.97 Å². The molecule has 2 rings (SSSR count). The number of hydrogen-bond acceptors (Lipinski definition) is 4. The maximum absolute atomic E-state index is 13.6. The lowest BCUT2D eigenvalue weighted by Gasteiger charge is -2.09. The molecule has 0 fully saturated rings. The van der Waals surface area contributed by atoms with E-state index in [4.69, 9.17) is 17.3 Å². The number of aromatic nitrogens is 2. The van der Waals surface area contributed by atoms with E-state index in [1.807, 2.05) is 0 Å². The van der Waals surface area contributed by atoms with Gasteiger partial charge in [-0.2, -0.15) is 4.98 Å². The van der Waals surface area contributed by atoms with Crippen LogP contribution in [0, 0.1) is 18.6 Å². The number of nitrogen functional groups attached to an aromatic ring is 1. The van der Waals surface area contributed by atoms with Gasteiger partial charge in [-0.1, -0.05) is 11.6 Å². The first-order valence-corrected chi connectivity index (χ1v) is 5.36. The molecule has 1 aromatic carbocycles. The number of nitrogens with two attached hydrogens (primary N) is 1. The van der Waals surface area contributed by atoms with Crippen molar-refractivity contribution in [2.24, 2.45) is 0 Å². The molecular weight excluding hydrogens is 262 g/mol. The number of benzene rings is 1. The summed E-state index contributed by atoms with van der Waals surface area (Å²) in [5.41, 5.74) is 5.53. The topological polar surface area (TPSA) is 63.8 Å². The zero-order valence-corrected chi connectivity index (χ0v) is 10.1. The first-order chi connectivity index (χ1) is 8.47. The smallest absolute Gasteiger partial charge is 0.222 e. The Labute approximate surface area is 107 Å². The van der Waals surface area contributed by atoms with Gasteiger partial charge in [0.15, 0.2) is 5.82 Å². The normalized spacial score (nSPS) is 10.4. The first-order valence-electron chi connectivity index (χ1n) is 4.98. The zero-order valence-electron chi connectivity index (χ0n) is 9.34. The summed E-state index contributed by atoms with van der Waals surface area (Å²) in [6.07, 6.45) is 1.27. The van der Waals surface area contributed by atoms with Crippen LogP contribution in [0.15, 0.2) is 18.3 Å². The van der Waals surface area contributed by atoms with Gasteiger partial charge in [0.1, 0.15) is 16.7 Å². The van der Waals surface area contributed by atoms with Gasteiger partial charge in [-0.05, 0) is 18.6 Å². The molecule has 0 unspecified atom stereocenters. The van der Waals surface area contributed by atoms with E-state index >= 15 is 0 Å². The molecule has 94 valence electrons. The molecule has 0 aliphatic heterocycles. The summed E-state index contributed by atoms with van der Waals surface area (Å²) in [7, 11) is 0. The Hall–Kier alpha value is -1.95. The Kier molecular flexibility index (Phi) is 3.29. The van der Waals surface area contributed by atoms with Gasteiger partial charge >= 0.3 is 0 Å². The maximum atomic E-state index is 13.6. The molecule has 2 aromatic rings. The minimum atomic E-state index is -0.609. The fourth-order valence-corrected chi connectivity index (χ4v) is 1.48. The Morgan fingerprint density at radius 3 is 2.72 bits per heavy atom. The lowest BCUT2D eigenvalue weighted by Crippen LogP contribution is -2.02. The summed E-state index contributed by atoms with van der Waals surface area (Å²) in [5, 5.41) is 2.73. The molecule has 0 aliphatic rings. The standard InChI is InChI=1S/C11H9ClF2N4/c1-5-2-8(14)9(3-7(5)13)17-10-6(12)4-16-11(15)18-10/h2-4H,1H3,(H3,15,16,17,18). The van der Waals surface area contributed by atoms with Crippen LogP contribution in [0.4, 0.5) is 26.2 Å². The van der Waals surface area contributed by atoms with Gasteiger partial charge in [-0.15, -0.1) is 0 Å². The highest BCUT2D eigenvalue weighted by Gasteiger charge is 2.10. The number of halogens is 3. The molecule has 0 bridgehead atoms. The molecule has 4 nitrogen and oxygen atoms in total. The van der Waals surface area contributed by atoms with Crippen LogP contribution in [0.5, 0.6) is 0 Å². The third kappa shape index (κ3) is 2.48. The molecule has 1 aromatic heterocycles. The molecule has 7 heteroatoms. The third-order valence-corrected chi connectivity index (χ3v) is 2.54. The predicted molar refractivity (Wildman–Crippen MR) is 65.8 cm³/mol. The number of nitrogens with zero attached hydrogens (tertiary/aromatic N) is 2. The van der Waals surface area contributed by atoms with Crippen molar-refractivity contribution in [3.63, 3.8) is 0 Å². The van der Waals surface area contributed by atoms with Crippen molar-refractivity contribution in [2.75, 3.05) is 11.1 Å². The Morgan fingerprint density at radius 1 is 1.28 bits per heavy atom. The molecule has 1 heterocycles. The van der Waals surface area contributed by atoms with E-state index in [1.165, 1.54) is 13.1 Å². The zero-order chi connectivity index (χ0) is 13.3. The monoisotopic (exact) mass is 270 g/mol. The summed E-state index contributed by atoms with van der Waals surface area (Å²) >= 11 is 5.81. The van der Waals surface area contributed by atoms with Crippen molar-refractivity contribution < 1.29 is 8.78 Å². The average Bonchev–Trinajstić information content (AvgIpc) is 2.30. The van der Waals surface area contributed by atoms with Crippen molar-refractivity contribution >= 4 is 29.1 Å². The second kappa shape index (κ2) is 4.73. The Bertz CT molecular complexity index is 604. The van der Waals surface area contributed by atoms with Crippen molar-refractivity contribution in [2.45, 2.75) is 6.92 Å². The summed E-state index contributed by atoms with van der Waals surface area (Å²) in [4.78, 5) is 7.46. The minimum absolute atomic E-state index is 0.0186. The molecule has 0 amide bonds. The number of rotatable bonds is 2. The van der Waals surface area contributed by atoms with Crippen molar-refractivity contribution in [3.05, 3.63) is 40.6 Å². The first kappa shape index (κ1) is 12.5. The molecular formula is C11H9ClF2N4. The highest BCUT2D eigenvalue weighted by molar-refractivity contribution is 6.32. The van der Waals surface area contributed by atoms with Crippen LogP contribution in [0.2, 0.25) is 5.02 Å². The van der Waals surface area contributed by atoms with E-state index in [2.05, 4.69) is 15.3 Å². The van der Waals surface area contributed by atoms with Crippen molar-refractivity contribution in [1.29, 1.82) is 0 Å². The molecule has 0 saturated carbocycles. The predicted octanol–water partition coefficient (Wildman–Crippen LogP) is 3.04. The Balaban J connectivity index is 2.40. The molecule has 3 N–H and O–H groups in total. The molecule has 0 atom stereocenters. The number of hydrogen-bond donors (Lipinski definition) is 2. The average molecular weight is 271 g/mol. The fraction of sp³-hybridized carbons (Fsp3) is 0.0909. The van der Waals surface area contributed by atoms with E-state index in [-0.39, 0.29) is 28.0 Å². The molecule has 0 aliphatic carbocycles. The molecule has 0 radical (unpaired) electrons. The summed E-state index contributed by atoms with van der Waals surface area (Å²) in [5.74, 6) is -1.04. The highest BCUT2D eigenvalue weighted by Crippen LogP contribution is 2.26. The fourth-order valence-electron chi connectivity index (χ4n) is 1.34. The minimum Gasteiger partial charge on any atom is -0.368 e. The van der Waals surface area contributed by atoms with E-state index in [1.54, 1.807) is 0 Å². The maximum Gasteiger partial charge on any atom is 0.222 e.